The van der Waals surface area contributed by atoms with Gasteiger partial charge in [0, 0.05) is 12.2 Å². The molecule has 24 heavy (non-hydrogen) atoms. The molecule has 1 heterocycles. The van der Waals surface area contributed by atoms with E-state index >= 15 is 0 Å². The van der Waals surface area contributed by atoms with Crippen molar-refractivity contribution >= 4 is 39.1 Å². The molecule has 0 bridgehead atoms. The van der Waals surface area contributed by atoms with E-state index in [9.17, 15) is 9.90 Å². The van der Waals surface area contributed by atoms with Crippen LogP contribution in [0, 0.1) is 20.8 Å². The van der Waals surface area contributed by atoms with Gasteiger partial charge >= 0.3 is 0 Å². The van der Waals surface area contributed by atoms with Crippen LogP contribution in [0.5, 0.6) is 5.75 Å². The summed E-state index contributed by atoms with van der Waals surface area (Å²) in [5, 5.41) is 10.1. The van der Waals surface area contributed by atoms with Crippen LogP contribution >= 0.6 is 23.1 Å². The number of thioether (sulfide) groups is 1. The average molecular weight is 358 g/mol. The van der Waals surface area contributed by atoms with Crippen LogP contribution in [-0.2, 0) is 0 Å². The molecule has 0 saturated carbocycles. The van der Waals surface area contributed by atoms with E-state index in [-0.39, 0.29) is 11.5 Å². The SMILES string of the molecule is Cc1cc(O)c(C(=O)CCSc2nc3ccccc3s2)c(C)c1C. The number of para-hydroxylation sites is 1. The van der Waals surface area contributed by atoms with Gasteiger partial charge in [0.2, 0.25) is 0 Å². The highest BCUT2D eigenvalue weighted by molar-refractivity contribution is 8.01. The van der Waals surface area contributed by atoms with Gasteiger partial charge in [-0.2, -0.15) is 0 Å². The number of phenols is 1. The zero-order valence-corrected chi connectivity index (χ0v) is 15.6. The van der Waals surface area contributed by atoms with Crippen molar-refractivity contribution in [1.82, 2.24) is 4.98 Å². The van der Waals surface area contributed by atoms with Crippen molar-refractivity contribution < 1.29 is 9.90 Å². The Morgan fingerprint density at radius 3 is 2.71 bits per heavy atom. The molecule has 124 valence electrons. The second kappa shape index (κ2) is 6.95. The highest BCUT2D eigenvalue weighted by Gasteiger charge is 2.17. The second-order valence-corrected chi connectivity index (χ2v) is 8.18. The van der Waals surface area contributed by atoms with Crippen molar-refractivity contribution in [2.24, 2.45) is 0 Å². The number of aromatic hydroxyl groups is 1. The molecule has 5 heteroatoms. The van der Waals surface area contributed by atoms with Crippen molar-refractivity contribution in [3.63, 3.8) is 0 Å². The molecule has 1 N–H and O–H groups in total. The molecule has 1 aromatic heterocycles. The van der Waals surface area contributed by atoms with Crippen LogP contribution in [0.4, 0.5) is 0 Å². The fourth-order valence-corrected chi connectivity index (χ4v) is 4.76. The summed E-state index contributed by atoms with van der Waals surface area (Å²) in [7, 11) is 0. The minimum absolute atomic E-state index is 0.0123. The number of fused-ring (bicyclic) bond motifs is 1. The first kappa shape index (κ1) is 17.0. The van der Waals surface area contributed by atoms with Crippen LogP contribution in [0.25, 0.3) is 10.2 Å². The monoisotopic (exact) mass is 357 g/mol. The molecule has 0 fully saturated rings. The Bertz CT molecular complexity index is 882. The van der Waals surface area contributed by atoms with Gasteiger partial charge in [-0.15, -0.1) is 11.3 Å². The summed E-state index contributed by atoms with van der Waals surface area (Å²) in [6.07, 6.45) is 0.386. The standard InChI is InChI=1S/C19H19NO2S2/c1-11-10-16(22)18(13(3)12(11)2)15(21)8-9-23-19-20-14-6-4-5-7-17(14)24-19/h4-7,10,22H,8-9H2,1-3H3. The molecule has 0 saturated heterocycles. The number of ketones is 1. The summed E-state index contributed by atoms with van der Waals surface area (Å²) < 4.78 is 2.14. The number of carbonyl (C=O) groups is 1. The van der Waals surface area contributed by atoms with Crippen molar-refractivity contribution in [2.45, 2.75) is 31.5 Å². The van der Waals surface area contributed by atoms with Crippen LogP contribution in [0.3, 0.4) is 0 Å². The molecule has 0 aliphatic rings. The number of Topliss-reactive ketones (excluding diaryl/α,β-unsaturated/α-hetero) is 1. The highest BCUT2D eigenvalue weighted by Crippen LogP contribution is 2.31. The van der Waals surface area contributed by atoms with E-state index in [1.165, 1.54) is 0 Å². The lowest BCUT2D eigenvalue weighted by atomic mass is 9.94. The number of hydrogen-bond acceptors (Lipinski definition) is 5. The topological polar surface area (TPSA) is 50.2 Å². The predicted octanol–water partition coefficient (Wildman–Crippen LogP) is 5.29. The van der Waals surface area contributed by atoms with Gasteiger partial charge in [0.25, 0.3) is 0 Å². The molecule has 0 amide bonds. The fraction of sp³-hybridized carbons (Fsp3) is 0.263. The van der Waals surface area contributed by atoms with Gasteiger partial charge in [0.15, 0.2) is 10.1 Å². The summed E-state index contributed by atoms with van der Waals surface area (Å²) in [6, 6.07) is 9.71. The third-order valence-corrected chi connectivity index (χ3v) is 6.43. The van der Waals surface area contributed by atoms with E-state index in [0.29, 0.717) is 17.7 Å². The molecular weight excluding hydrogens is 338 g/mol. The van der Waals surface area contributed by atoms with Gasteiger partial charge in [0.05, 0.1) is 15.8 Å². The molecule has 0 radical (unpaired) electrons. The number of nitrogens with zero attached hydrogens (tertiary/aromatic N) is 1. The normalized spacial score (nSPS) is 11.1. The van der Waals surface area contributed by atoms with E-state index in [1.807, 2.05) is 39.0 Å². The molecule has 3 rings (SSSR count). The second-order valence-electron chi connectivity index (χ2n) is 5.81. The number of carbonyl (C=O) groups excluding carboxylic acids is 1. The maximum atomic E-state index is 12.5. The van der Waals surface area contributed by atoms with Gasteiger partial charge < -0.3 is 5.11 Å². The lowest BCUT2D eigenvalue weighted by molar-refractivity contribution is 0.0986. The molecule has 0 aliphatic heterocycles. The Kier molecular flexibility index (Phi) is 4.92. The molecule has 2 aromatic carbocycles. The molecular formula is C19H19NO2S2. The molecule has 3 nitrogen and oxygen atoms in total. The maximum absolute atomic E-state index is 12.5. The lowest BCUT2D eigenvalue weighted by Gasteiger charge is -2.12. The summed E-state index contributed by atoms with van der Waals surface area (Å²) in [5.41, 5.74) is 4.41. The third-order valence-electron chi connectivity index (χ3n) is 4.25. The van der Waals surface area contributed by atoms with E-state index in [0.717, 1.165) is 31.2 Å². The van der Waals surface area contributed by atoms with E-state index < -0.39 is 0 Å². The number of rotatable bonds is 5. The van der Waals surface area contributed by atoms with Gasteiger partial charge in [-0.25, -0.2) is 4.98 Å². The molecule has 0 atom stereocenters. The number of hydrogen-bond donors (Lipinski definition) is 1. The van der Waals surface area contributed by atoms with E-state index in [1.54, 1.807) is 29.2 Å². The quantitative estimate of drug-likeness (QED) is 0.498. The van der Waals surface area contributed by atoms with Crippen LogP contribution in [0.1, 0.15) is 33.5 Å². The number of aryl methyl sites for hydroxylation is 1. The Hall–Kier alpha value is -1.85. The Labute approximate surface area is 149 Å². The Morgan fingerprint density at radius 2 is 1.96 bits per heavy atom. The van der Waals surface area contributed by atoms with Gasteiger partial charge in [-0.05, 0) is 55.7 Å². The smallest absolute Gasteiger partial charge is 0.167 e. The van der Waals surface area contributed by atoms with Gasteiger partial charge in [0.1, 0.15) is 5.75 Å². The first-order valence-corrected chi connectivity index (χ1v) is 9.59. The van der Waals surface area contributed by atoms with Gasteiger partial charge in [-0.1, -0.05) is 23.9 Å². The number of phenolic OH excluding ortho intramolecular Hbond substituents is 1. The number of benzene rings is 2. The highest BCUT2D eigenvalue weighted by atomic mass is 32.2. The third kappa shape index (κ3) is 3.32. The Morgan fingerprint density at radius 1 is 1.21 bits per heavy atom. The Balaban J connectivity index is 1.69. The zero-order valence-electron chi connectivity index (χ0n) is 13.9. The average Bonchev–Trinajstić information content (AvgIpc) is 2.95. The summed E-state index contributed by atoms with van der Waals surface area (Å²) in [6.45, 7) is 5.83. The molecule has 0 aliphatic carbocycles. The van der Waals surface area contributed by atoms with Crippen molar-refractivity contribution in [3.05, 3.63) is 52.6 Å². The summed E-state index contributed by atoms with van der Waals surface area (Å²) >= 11 is 3.24. The minimum Gasteiger partial charge on any atom is -0.507 e. The largest absolute Gasteiger partial charge is 0.507 e. The van der Waals surface area contributed by atoms with Crippen LogP contribution in [0.15, 0.2) is 34.7 Å². The summed E-state index contributed by atoms with van der Waals surface area (Å²) in [5.74, 6) is 0.733. The number of aromatic nitrogens is 1. The van der Waals surface area contributed by atoms with Crippen molar-refractivity contribution in [2.75, 3.05) is 5.75 Å². The first-order chi connectivity index (χ1) is 11.5. The molecule has 3 aromatic rings. The van der Waals surface area contributed by atoms with Crippen LogP contribution in [0.2, 0.25) is 0 Å². The maximum Gasteiger partial charge on any atom is 0.167 e. The van der Waals surface area contributed by atoms with Crippen molar-refractivity contribution in [3.8, 4) is 5.75 Å². The summed E-state index contributed by atoms with van der Waals surface area (Å²) in [4.78, 5) is 17.1. The zero-order chi connectivity index (χ0) is 17.3. The molecule has 0 unspecified atom stereocenters. The van der Waals surface area contributed by atoms with E-state index in [2.05, 4.69) is 11.1 Å². The van der Waals surface area contributed by atoms with Crippen LogP contribution in [-0.4, -0.2) is 21.6 Å². The number of thiazole rings is 1. The van der Waals surface area contributed by atoms with E-state index in [4.69, 9.17) is 0 Å². The fourth-order valence-electron chi connectivity index (χ4n) is 2.68. The first-order valence-electron chi connectivity index (χ1n) is 7.78. The predicted molar refractivity (Wildman–Crippen MR) is 102 cm³/mol. The lowest BCUT2D eigenvalue weighted by Crippen LogP contribution is -2.06. The van der Waals surface area contributed by atoms with Crippen LogP contribution < -0.4 is 0 Å². The molecule has 0 spiro atoms. The van der Waals surface area contributed by atoms with Gasteiger partial charge in [-0.3, -0.25) is 4.79 Å². The van der Waals surface area contributed by atoms with Crippen molar-refractivity contribution in [1.29, 1.82) is 0 Å². The minimum atomic E-state index is -0.0123.